The van der Waals surface area contributed by atoms with Gasteiger partial charge in [0.25, 0.3) is 6.43 Å². The van der Waals surface area contributed by atoms with Gasteiger partial charge in [0.2, 0.25) is 5.95 Å². The molecule has 0 aliphatic heterocycles. The zero-order chi connectivity index (χ0) is 12.5. The molecule has 1 aromatic heterocycles. The van der Waals surface area contributed by atoms with Gasteiger partial charge in [0.05, 0.1) is 0 Å². The van der Waals surface area contributed by atoms with Gasteiger partial charge in [-0.25, -0.2) is 13.8 Å². The van der Waals surface area contributed by atoms with Gasteiger partial charge in [-0.1, -0.05) is 0 Å². The molecule has 0 aliphatic rings. The van der Waals surface area contributed by atoms with Crippen molar-refractivity contribution in [3.63, 3.8) is 0 Å². The lowest BCUT2D eigenvalue weighted by Gasteiger charge is -2.10. The number of pyridine rings is 1. The number of carbonyl (C=O) groups excluding carboxylic acids is 1. The van der Waals surface area contributed by atoms with Crippen molar-refractivity contribution in [3.8, 4) is 0 Å². The van der Waals surface area contributed by atoms with Gasteiger partial charge in [-0.3, -0.25) is 4.79 Å². The number of aromatic nitrogens is 1. The van der Waals surface area contributed by atoms with E-state index in [1.807, 2.05) is 0 Å². The van der Waals surface area contributed by atoms with Crippen molar-refractivity contribution in [2.45, 2.75) is 12.6 Å². The normalized spacial score (nSPS) is 11.9. The summed E-state index contributed by atoms with van der Waals surface area (Å²) in [5, 5.41) is 0. The number of rotatable bonds is 2. The van der Waals surface area contributed by atoms with Gasteiger partial charge in [-0.05, 0) is 6.07 Å². The first kappa shape index (κ1) is 12.5. The molecular weight excluding hydrogens is 240 g/mol. The smallest absolute Gasteiger partial charge is 0.298 e. The summed E-state index contributed by atoms with van der Waals surface area (Å²) in [4.78, 5) is 12.7. The van der Waals surface area contributed by atoms with Crippen molar-refractivity contribution >= 4 is 6.29 Å². The molecule has 1 rings (SSSR count). The SMILES string of the molecule is O=Cc1cc(C(F)(F)F)c(F)nc1C(F)F. The zero-order valence-corrected chi connectivity index (χ0v) is 7.36. The van der Waals surface area contributed by atoms with Crippen LogP contribution in [0.2, 0.25) is 0 Å². The lowest BCUT2D eigenvalue weighted by molar-refractivity contribution is -0.140. The third-order valence-electron chi connectivity index (χ3n) is 1.68. The first-order valence-corrected chi connectivity index (χ1v) is 3.78. The second kappa shape index (κ2) is 4.11. The van der Waals surface area contributed by atoms with Crippen LogP contribution in [0.3, 0.4) is 0 Å². The van der Waals surface area contributed by atoms with Crippen molar-refractivity contribution in [2.24, 2.45) is 0 Å². The van der Waals surface area contributed by atoms with Gasteiger partial charge in [0.15, 0.2) is 6.29 Å². The topological polar surface area (TPSA) is 30.0 Å². The van der Waals surface area contributed by atoms with E-state index in [1.54, 1.807) is 0 Å². The minimum Gasteiger partial charge on any atom is -0.298 e. The minimum atomic E-state index is -5.09. The Morgan fingerprint density at radius 3 is 2.25 bits per heavy atom. The van der Waals surface area contributed by atoms with E-state index < -0.39 is 35.4 Å². The van der Waals surface area contributed by atoms with Crippen LogP contribution in [0.4, 0.5) is 26.3 Å². The number of alkyl halides is 5. The molecule has 0 N–H and O–H groups in total. The predicted molar refractivity (Wildman–Crippen MR) is 39.5 cm³/mol. The highest BCUT2D eigenvalue weighted by Gasteiger charge is 2.36. The third kappa shape index (κ3) is 2.31. The summed E-state index contributed by atoms with van der Waals surface area (Å²) in [5.41, 5.74) is -4.14. The Labute approximate surface area is 84.9 Å². The van der Waals surface area contributed by atoms with Crippen LogP contribution in [0, 0.1) is 5.95 Å². The van der Waals surface area contributed by atoms with Crippen molar-refractivity contribution in [1.29, 1.82) is 0 Å². The molecule has 0 aromatic carbocycles. The Hall–Kier alpha value is -1.60. The van der Waals surface area contributed by atoms with Crippen molar-refractivity contribution in [1.82, 2.24) is 4.98 Å². The van der Waals surface area contributed by atoms with E-state index >= 15 is 0 Å². The molecule has 88 valence electrons. The van der Waals surface area contributed by atoms with Crippen LogP contribution >= 0.6 is 0 Å². The zero-order valence-electron chi connectivity index (χ0n) is 7.36. The standard InChI is InChI=1S/C8H3F6NO/c9-6(10)5-3(2-16)1-4(7(11)15-5)8(12,13)14/h1-2,6H. The highest BCUT2D eigenvalue weighted by Crippen LogP contribution is 2.33. The van der Waals surface area contributed by atoms with Crippen LogP contribution in [0.5, 0.6) is 0 Å². The maximum absolute atomic E-state index is 12.7. The van der Waals surface area contributed by atoms with Gasteiger partial charge in [0.1, 0.15) is 11.3 Å². The van der Waals surface area contributed by atoms with Crippen molar-refractivity contribution in [3.05, 3.63) is 28.8 Å². The summed E-state index contributed by atoms with van der Waals surface area (Å²) in [6.45, 7) is 0. The number of nitrogens with zero attached hydrogens (tertiary/aromatic N) is 1. The van der Waals surface area contributed by atoms with Crippen LogP contribution in [0.1, 0.15) is 28.0 Å². The summed E-state index contributed by atoms with van der Waals surface area (Å²) < 4.78 is 73.4. The van der Waals surface area contributed by atoms with Gasteiger partial charge < -0.3 is 0 Å². The molecule has 0 spiro atoms. The summed E-state index contributed by atoms with van der Waals surface area (Å²) in [5.74, 6) is -2.08. The molecule has 0 bridgehead atoms. The van der Waals surface area contributed by atoms with E-state index in [2.05, 4.69) is 4.98 Å². The fraction of sp³-hybridized carbons (Fsp3) is 0.250. The lowest BCUT2D eigenvalue weighted by Crippen LogP contribution is -2.13. The molecule has 0 saturated heterocycles. The Kier molecular flexibility index (Phi) is 3.20. The highest BCUT2D eigenvalue weighted by atomic mass is 19.4. The van der Waals surface area contributed by atoms with Gasteiger partial charge >= 0.3 is 6.18 Å². The largest absolute Gasteiger partial charge is 0.420 e. The number of hydrogen-bond donors (Lipinski definition) is 0. The quantitative estimate of drug-likeness (QED) is 0.454. The summed E-state index contributed by atoms with van der Waals surface area (Å²) in [7, 11) is 0. The Bertz CT molecular complexity index is 414. The second-order valence-electron chi connectivity index (χ2n) is 2.72. The lowest BCUT2D eigenvalue weighted by atomic mass is 10.1. The molecule has 8 heteroatoms. The molecule has 0 atom stereocenters. The molecule has 0 aliphatic carbocycles. The van der Waals surface area contributed by atoms with E-state index in [1.165, 1.54) is 0 Å². The minimum absolute atomic E-state index is 0.0107. The highest BCUT2D eigenvalue weighted by molar-refractivity contribution is 5.76. The van der Waals surface area contributed by atoms with Crippen LogP contribution < -0.4 is 0 Å². The van der Waals surface area contributed by atoms with Gasteiger partial charge in [-0.15, -0.1) is 0 Å². The molecule has 16 heavy (non-hydrogen) atoms. The van der Waals surface area contributed by atoms with Crippen LogP contribution in [-0.4, -0.2) is 11.3 Å². The summed E-state index contributed by atoms with van der Waals surface area (Å²) in [6.07, 6.45) is -8.64. The number of carbonyl (C=O) groups is 1. The molecule has 0 fully saturated rings. The molecule has 1 heterocycles. The van der Waals surface area contributed by atoms with E-state index in [4.69, 9.17) is 0 Å². The Morgan fingerprint density at radius 1 is 1.31 bits per heavy atom. The molecule has 0 unspecified atom stereocenters. The number of aldehydes is 1. The van der Waals surface area contributed by atoms with E-state index in [-0.39, 0.29) is 12.4 Å². The third-order valence-corrected chi connectivity index (χ3v) is 1.68. The predicted octanol–water partition coefficient (Wildman–Crippen LogP) is 2.99. The Balaban J connectivity index is 3.43. The van der Waals surface area contributed by atoms with Crippen molar-refractivity contribution in [2.75, 3.05) is 0 Å². The molecule has 0 saturated carbocycles. The van der Waals surface area contributed by atoms with E-state index in [0.29, 0.717) is 0 Å². The van der Waals surface area contributed by atoms with Crippen LogP contribution in [-0.2, 0) is 6.18 Å². The van der Waals surface area contributed by atoms with Gasteiger partial charge in [0, 0.05) is 5.56 Å². The summed E-state index contributed by atoms with van der Waals surface area (Å²) in [6, 6.07) is 0.0107. The van der Waals surface area contributed by atoms with Gasteiger partial charge in [-0.2, -0.15) is 17.6 Å². The van der Waals surface area contributed by atoms with Crippen molar-refractivity contribution < 1.29 is 31.1 Å². The molecule has 2 nitrogen and oxygen atoms in total. The maximum Gasteiger partial charge on any atom is 0.420 e. The first-order valence-electron chi connectivity index (χ1n) is 3.78. The average molecular weight is 243 g/mol. The fourth-order valence-corrected chi connectivity index (χ4v) is 0.987. The molecular formula is C8H3F6NO. The fourth-order valence-electron chi connectivity index (χ4n) is 0.987. The number of halogens is 6. The summed E-state index contributed by atoms with van der Waals surface area (Å²) >= 11 is 0. The van der Waals surface area contributed by atoms with E-state index in [0.717, 1.165) is 0 Å². The van der Waals surface area contributed by atoms with Crippen LogP contribution in [0.25, 0.3) is 0 Å². The first-order chi connectivity index (χ1) is 7.27. The monoisotopic (exact) mass is 243 g/mol. The molecule has 0 radical (unpaired) electrons. The number of hydrogen-bond acceptors (Lipinski definition) is 2. The maximum atomic E-state index is 12.7. The molecule has 0 amide bonds. The second-order valence-corrected chi connectivity index (χ2v) is 2.72. The van der Waals surface area contributed by atoms with E-state index in [9.17, 15) is 31.1 Å². The van der Waals surface area contributed by atoms with Crippen LogP contribution in [0.15, 0.2) is 6.07 Å². The average Bonchev–Trinajstić information content (AvgIpc) is 2.15. The Morgan fingerprint density at radius 2 is 1.88 bits per heavy atom. The molecule has 1 aromatic rings.